The van der Waals surface area contributed by atoms with E-state index < -0.39 is 6.09 Å². The molecule has 0 radical (unpaired) electrons. The molecule has 2 fully saturated rings. The zero-order valence-electron chi connectivity index (χ0n) is 7.49. The fourth-order valence-electron chi connectivity index (χ4n) is 2.47. The van der Waals surface area contributed by atoms with Gasteiger partial charge in [0, 0.05) is 13.7 Å². The lowest BCUT2D eigenvalue weighted by molar-refractivity contribution is 0.0722. The summed E-state index contributed by atoms with van der Waals surface area (Å²) >= 11 is 0. The van der Waals surface area contributed by atoms with Crippen LogP contribution in [0.5, 0.6) is 0 Å². The standard InChI is InChI=1S/C8H14N2O3/c1-13-5-2-4-3-9-7(5)6(4)10-8(11)12/h4-7,9-10H,2-3H2,1H3,(H,11,12)/t4-,5+,6-,7-/m1/s1. The number of piperidine rings is 1. The minimum Gasteiger partial charge on any atom is -0.465 e. The van der Waals surface area contributed by atoms with E-state index in [1.165, 1.54) is 0 Å². The summed E-state index contributed by atoms with van der Waals surface area (Å²) in [7, 11) is 1.67. The van der Waals surface area contributed by atoms with Gasteiger partial charge in [-0.3, -0.25) is 0 Å². The van der Waals surface area contributed by atoms with Crippen molar-refractivity contribution in [3.8, 4) is 0 Å². The van der Waals surface area contributed by atoms with Gasteiger partial charge in [0.2, 0.25) is 0 Å². The summed E-state index contributed by atoms with van der Waals surface area (Å²) < 4.78 is 5.26. The summed E-state index contributed by atoms with van der Waals surface area (Å²) in [6, 6.07) is 0.188. The third kappa shape index (κ3) is 1.38. The maximum atomic E-state index is 10.5. The summed E-state index contributed by atoms with van der Waals surface area (Å²) in [6.07, 6.45) is 0.176. The van der Waals surface area contributed by atoms with Crippen molar-refractivity contribution in [3.05, 3.63) is 0 Å². The molecule has 5 heteroatoms. The Bertz CT molecular complexity index is 221. The minimum atomic E-state index is -0.944. The lowest BCUT2D eigenvalue weighted by atomic mass is 10.1. The zero-order chi connectivity index (χ0) is 9.42. The Morgan fingerprint density at radius 3 is 3.00 bits per heavy atom. The largest absolute Gasteiger partial charge is 0.465 e. The third-order valence-electron chi connectivity index (χ3n) is 3.04. The number of hydrogen-bond donors (Lipinski definition) is 3. The van der Waals surface area contributed by atoms with Gasteiger partial charge < -0.3 is 20.5 Å². The second-order valence-corrected chi connectivity index (χ2v) is 3.68. The second kappa shape index (κ2) is 3.16. The predicted molar refractivity (Wildman–Crippen MR) is 45.6 cm³/mol. The van der Waals surface area contributed by atoms with Crippen LogP contribution >= 0.6 is 0 Å². The fraction of sp³-hybridized carbons (Fsp3) is 0.875. The lowest BCUT2D eigenvalue weighted by Crippen LogP contribution is -2.46. The van der Waals surface area contributed by atoms with Gasteiger partial charge in [-0.05, 0) is 12.3 Å². The highest BCUT2D eigenvalue weighted by Crippen LogP contribution is 2.33. The smallest absolute Gasteiger partial charge is 0.404 e. The second-order valence-electron chi connectivity index (χ2n) is 3.68. The van der Waals surface area contributed by atoms with Crippen LogP contribution in [0.2, 0.25) is 0 Å². The van der Waals surface area contributed by atoms with Crippen molar-refractivity contribution >= 4 is 6.09 Å². The molecule has 0 aromatic carbocycles. The molecule has 5 nitrogen and oxygen atoms in total. The molecule has 3 N–H and O–H groups in total. The first kappa shape index (κ1) is 8.77. The summed E-state index contributed by atoms with van der Waals surface area (Å²) in [6.45, 7) is 0.898. The molecule has 1 heterocycles. The Balaban J connectivity index is 2.02. The summed E-state index contributed by atoms with van der Waals surface area (Å²) in [5.74, 6) is 0.394. The van der Waals surface area contributed by atoms with E-state index >= 15 is 0 Å². The van der Waals surface area contributed by atoms with Crippen molar-refractivity contribution in [2.75, 3.05) is 13.7 Å². The Kier molecular flexibility index (Phi) is 2.13. The van der Waals surface area contributed by atoms with Gasteiger partial charge in [0.05, 0.1) is 18.2 Å². The van der Waals surface area contributed by atoms with Crippen molar-refractivity contribution in [1.29, 1.82) is 0 Å². The highest BCUT2D eigenvalue weighted by atomic mass is 16.5. The first-order valence-electron chi connectivity index (χ1n) is 4.48. The molecule has 1 saturated heterocycles. The monoisotopic (exact) mass is 186 g/mol. The fourth-order valence-corrected chi connectivity index (χ4v) is 2.47. The topological polar surface area (TPSA) is 70.6 Å². The molecule has 1 amide bonds. The maximum absolute atomic E-state index is 10.5. The van der Waals surface area contributed by atoms with Crippen molar-refractivity contribution in [3.63, 3.8) is 0 Å². The van der Waals surface area contributed by atoms with Crippen LogP contribution in [0.25, 0.3) is 0 Å². The minimum absolute atomic E-state index is 0.0300. The molecule has 1 aliphatic heterocycles. The van der Waals surface area contributed by atoms with Crippen LogP contribution in [-0.4, -0.2) is 43.0 Å². The van der Waals surface area contributed by atoms with Crippen LogP contribution in [0, 0.1) is 5.92 Å². The number of carbonyl (C=O) groups is 1. The Morgan fingerprint density at radius 2 is 2.46 bits per heavy atom. The molecule has 0 aromatic heterocycles. The van der Waals surface area contributed by atoms with Crippen molar-refractivity contribution in [2.24, 2.45) is 5.92 Å². The number of fused-ring (bicyclic) bond motifs is 2. The molecule has 74 valence electrons. The van der Waals surface area contributed by atoms with Crippen molar-refractivity contribution < 1.29 is 14.6 Å². The predicted octanol–water partition coefficient (Wildman–Crippen LogP) is -0.371. The van der Waals surface area contributed by atoms with Gasteiger partial charge in [-0.2, -0.15) is 0 Å². The average molecular weight is 186 g/mol. The van der Waals surface area contributed by atoms with Crippen molar-refractivity contribution in [2.45, 2.75) is 24.6 Å². The number of hydrogen-bond acceptors (Lipinski definition) is 3. The van der Waals surface area contributed by atoms with Gasteiger partial charge >= 0.3 is 6.09 Å². The summed E-state index contributed by atoms with van der Waals surface area (Å²) in [5.41, 5.74) is 0. The number of rotatable bonds is 2. The summed E-state index contributed by atoms with van der Waals surface area (Å²) in [5, 5.41) is 14.4. The Morgan fingerprint density at radius 1 is 1.69 bits per heavy atom. The highest BCUT2D eigenvalue weighted by Gasteiger charge is 2.48. The van der Waals surface area contributed by atoms with Crippen LogP contribution in [0.4, 0.5) is 4.79 Å². The van der Waals surface area contributed by atoms with E-state index in [0.717, 1.165) is 13.0 Å². The van der Waals surface area contributed by atoms with E-state index in [4.69, 9.17) is 9.84 Å². The van der Waals surface area contributed by atoms with Crippen LogP contribution in [0.15, 0.2) is 0 Å². The molecule has 0 spiro atoms. The molecule has 2 aliphatic rings. The molecule has 1 saturated carbocycles. The molecule has 4 atom stereocenters. The molecule has 2 rings (SSSR count). The van der Waals surface area contributed by atoms with E-state index in [1.54, 1.807) is 7.11 Å². The van der Waals surface area contributed by atoms with Crippen LogP contribution in [0.3, 0.4) is 0 Å². The lowest BCUT2D eigenvalue weighted by Gasteiger charge is -2.21. The Hall–Kier alpha value is -0.810. The van der Waals surface area contributed by atoms with Gasteiger partial charge in [-0.25, -0.2) is 4.79 Å². The maximum Gasteiger partial charge on any atom is 0.404 e. The average Bonchev–Trinajstić information content (AvgIpc) is 2.61. The van der Waals surface area contributed by atoms with Gasteiger partial charge in [0.1, 0.15) is 0 Å². The molecule has 0 unspecified atom stereocenters. The molecular weight excluding hydrogens is 172 g/mol. The first-order valence-corrected chi connectivity index (χ1v) is 4.48. The number of ether oxygens (including phenoxy) is 1. The van der Waals surface area contributed by atoms with Gasteiger partial charge in [0.15, 0.2) is 0 Å². The molecule has 0 aromatic rings. The number of nitrogens with one attached hydrogen (secondary N) is 2. The molecule has 1 aliphatic carbocycles. The first-order chi connectivity index (χ1) is 6.22. The molecule has 13 heavy (non-hydrogen) atoms. The molecular formula is C8H14N2O3. The number of methoxy groups -OCH3 is 1. The van der Waals surface area contributed by atoms with E-state index in [2.05, 4.69) is 10.6 Å². The van der Waals surface area contributed by atoms with E-state index in [1.807, 2.05) is 0 Å². The van der Waals surface area contributed by atoms with Crippen LogP contribution in [0.1, 0.15) is 6.42 Å². The number of amides is 1. The van der Waals surface area contributed by atoms with E-state index in [0.29, 0.717) is 5.92 Å². The van der Waals surface area contributed by atoms with Crippen molar-refractivity contribution in [1.82, 2.24) is 10.6 Å². The Labute approximate surface area is 76.5 Å². The van der Waals surface area contributed by atoms with Gasteiger partial charge in [-0.1, -0.05) is 0 Å². The normalized spacial score (nSPS) is 42.2. The van der Waals surface area contributed by atoms with E-state index in [-0.39, 0.29) is 18.2 Å². The third-order valence-corrected chi connectivity index (χ3v) is 3.04. The molecule has 2 bridgehead atoms. The number of carboxylic acid groups (broad SMARTS) is 1. The SMILES string of the molecule is CO[C@H]1C[C@@H]2CN[C@H]1[C@@H]2NC(=O)O. The zero-order valence-corrected chi connectivity index (χ0v) is 7.49. The van der Waals surface area contributed by atoms with Crippen LogP contribution in [-0.2, 0) is 4.74 Å². The quantitative estimate of drug-likeness (QED) is 0.550. The van der Waals surface area contributed by atoms with Gasteiger partial charge in [0.25, 0.3) is 0 Å². The van der Waals surface area contributed by atoms with Crippen LogP contribution < -0.4 is 10.6 Å². The highest BCUT2D eigenvalue weighted by molar-refractivity contribution is 5.65. The van der Waals surface area contributed by atoms with E-state index in [9.17, 15) is 4.79 Å². The van der Waals surface area contributed by atoms with Gasteiger partial charge in [-0.15, -0.1) is 0 Å². The summed E-state index contributed by atoms with van der Waals surface area (Å²) in [4.78, 5) is 10.5.